The molecule has 26 heavy (non-hydrogen) atoms. The Morgan fingerprint density at radius 2 is 2.12 bits per heavy atom. The molecule has 0 unspecified atom stereocenters. The van der Waals surface area contributed by atoms with Crippen LogP contribution in [0.2, 0.25) is 0 Å². The van der Waals surface area contributed by atoms with Gasteiger partial charge in [0.25, 0.3) is 0 Å². The van der Waals surface area contributed by atoms with E-state index in [2.05, 4.69) is 10.3 Å². The minimum atomic E-state index is -0.604. The van der Waals surface area contributed by atoms with Crippen molar-refractivity contribution in [3.8, 4) is 0 Å². The molecular weight excluding hydrogens is 330 g/mol. The van der Waals surface area contributed by atoms with E-state index in [1.807, 2.05) is 37.3 Å². The average Bonchev–Trinajstić information content (AvgIpc) is 2.68. The minimum Gasteiger partial charge on any atom is -0.372 e. The maximum absolute atomic E-state index is 12.5. The number of carbonyl (C=O) groups is 2. The summed E-state index contributed by atoms with van der Waals surface area (Å²) in [5.74, 6) is -1.12. The average molecular weight is 353 g/mol. The fraction of sp³-hybridized carbons (Fsp3) is 0.350. The number of aromatic nitrogens is 1. The highest BCUT2D eigenvalue weighted by Crippen LogP contribution is 2.17. The van der Waals surface area contributed by atoms with Crippen molar-refractivity contribution < 1.29 is 14.3 Å². The third kappa shape index (κ3) is 4.67. The summed E-state index contributed by atoms with van der Waals surface area (Å²) in [6, 6.07) is 11.2. The van der Waals surface area contributed by atoms with Crippen molar-refractivity contribution in [2.75, 3.05) is 18.4 Å². The summed E-state index contributed by atoms with van der Waals surface area (Å²) in [4.78, 5) is 30.4. The molecule has 136 valence electrons. The first kappa shape index (κ1) is 18.1. The highest BCUT2D eigenvalue weighted by molar-refractivity contribution is 6.39. The van der Waals surface area contributed by atoms with E-state index in [1.165, 1.54) is 0 Å². The molecule has 2 heterocycles. The number of ether oxygens (including phenoxy) is 1. The molecule has 1 aliphatic heterocycles. The highest BCUT2D eigenvalue weighted by Gasteiger charge is 2.28. The predicted octanol–water partition coefficient (Wildman–Crippen LogP) is 2.54. The predicted molar refractivity (Wildman–Crippen MR) is 98.4 cm³/mol. The van der Waals surface area contributed by atoms with Gasteiger partial charge in [0.05, 0.1) is 12.7 Å². The number of pyridine rings is 1. The van der Waals surface area contributed by atoms with Gasteiger partial charge in [-0.05, 0) is 43.0 Å². The number of anilines is 1. The zero-order valence-corrected chi connectivity index (χ0v) is 14.9. The molecule has 6 nitrogen and oxygen atoms in total. The molecule has 1 aliphatic rings. The van der Waals surface area contributed by atoms with E-state index in [-0.39, 0.29) is 6.10 Å². The first-order valence-corrected chi connectivity index (χ1v) is 8.80. The molecule has 1 aromatic carbocycles. The van der Waals surface area contributed by atoms with Crippen molar-refractivity contribution >= 4 is 17.5 Å². The zero-order chi connectivity index (χ0) is 18.4. The number of hydrogen-bond donors (Lipinski definition) is 1. The summed E-state index contributed by atoms with van der Waals surface area (Å²) >= 11 is 0. The number of nitrogens with zero attached hydrogens (tertiary/aromatic N) is 2. The van der Waals surface area contributed by atoms with Crippen LogP contribution in [0.1, 0.15) is 24.0 Å². The Morgan fingerprint density at radius 1 is 1.27 bits per heavy atom. The molecule has 1 fully saturated rings. The number of rotatable bonds is 4. The maximum Gasteiger partial charge on any atom is 0.313 e. The molecule has 0 spiro atoms. The molecule has 0 bridgehead atoms. The second-order valence-electron chi connectivity index (χ2n) is 6.46. The van der Waals surface area contributed by atoms with Gasteiger partial charge in [0, 0.05) is 31.2 Å². The number of likely N-dealkylation sites (tertiary alicyclic amines) is 1. The molecule has 2 amide bonds. The van der Waals surface area contributed by atoms with Gasteiger partial charge in [-0.25, -0.2) is 0 Å². The summed E-state index contributed by atoms with van der Waals surface area (Å²) in [6.07, 6.45) is 5.11. The molecule has 6 heteroatoms. The van der Waals surface area contributed by atoms with Gasteiger partial charge in [-0.15, -0.1) is 0 Å². The lowest BCUT2D eigenvalue weighted by Crippen LogP contribution is -2.47. The van der Waals surface area contributed by atoms with Crippen LogP contribution in [-0.4, -0.2) is 40.9 Å². The first-order chi connectivity index (χ1) is 12.6. The van der Waals surface area contributed by atoms with Crippen LogP contribution in [0.15, 0.2) is 48.8 Å². The van der Waals surface area contributed by atoms with Gasteiger partial charge in [0.1, 0.15) is 0 Å². The normalized spacial score (nSPS) is 17.0. The number of para-hydroxylation sites is 1. The third-order valence-electron chi connectivity index (χ3n) is 4.46. The minimum absolute atomic E-state index is 0.0702. The van der Waals surface area contributed by atoms with Crippen LogP contribution in [0.3, 0.4) is 0 Å². The smallest absolute Gasteiger partial charge is 0.313 e. The zero-order valence-electron chi connectivity index (χ0n) is 14.9. The molecule has 2 aromatic rings. The van der Waals surface area contributed by atoms with Crippen LogP contribution < -0.4 is 5.32 Å². The molecule has 1 atom stereocenters. The summed E-state index contributed by atoms with van der Waals surface area (Å²) in [5, 5.41) is 2.70. The van der Waals surface area contributed by atoms with Crippen LogP contribution in [0.25, 0.3) is 0 Å². The standard InChI is InChI=1S/C20H23N3O3/c1-15-6-2-3-9-18(15)22-19(24)20(25)23-11-5-8-17(13-23)26-14-16-7-4-10-21-12-16/h2-4,6-7,9-10,12,17H,5,8,11,13-14H2,1H3,(H,22,24)/t17-/m1/s1. The van der Waals surface area contributed by atoms with Gasteiger partial charge in [0.15, 0.2) is 0 Å². The van der Waals surface area contributed by atoms with Crippen molar-refractivity contribution in [1.29, 1.82) is 0 Å². The number of nitrogens with one attached hydrogen (secondary N) is 1. The summed E-state index contributed by atoms with van der Waals surface area (Å²) in [7, 11) is 0. The molecule has 1 aromatic heterocycles. The number of hydrogen-bond acceptors (Lipinski definition) is 4. The van der Waals surface area contributed by atoms with Crippen molar-refractivity contribution in [3.05, 3.63) is 59.9 Å². The number of piperidine rings is 1. The Bertz CT molecular complexity index is 764. The number of amides is 2. The summed E-state index contributed by atoms with van der Waals surface area (Å²) < 4.78 is 5.90. The topological polar surface area (TPSA) is 71.5 Å². The van der Waals surface area contributed by atoms with Gasteiger partial charge in [-0.2, -0.15) is 0 Å². The van der Waals surface area contributed by atoms with Gasteiger partial charge in [-0.1, -0.05) is 24.3 Å². The molecule has 1 N–H and O–H groups in total. The van der Waals surface area contributed by atoms with Gasteiger partial charge in [-0.3, -0.25) is 14.6 Å². The van der Waals surface area contributed by atoms with Crippen LogP contribution in [0.4, 0.5) is 5.69 Å². The van der Waals surface area contributed by atoms with E-state index < -0.39 is 11.8 Å². The Morgan fingerprint density at radius 3 is 2.88 bits per heavy atom. The molecule has 0 radical (unpaired) electrons. The quantitative estimate of drug-likeness (QED) is 0.858. The van der Waals surface area contributed by atoms with Crippen molar-refractivity contribution in [2.24, 2.45) is 0 Å². The summed E-state index contributed by atoms with van der Waals surface area (Å²) in [6.45, 7) is 3.35. The van der Waals surface area contributed by atoms with E-state index in [0.717, 1.165) is 24.0 Å². The van der Waals surface area contributed by atoms with Crippen molar-refractivity contribution in [3.63, 3.8) is 0 Å². The van der Waals surface area contributed by atoms with E-state index in [0.29, 0.717) is 25.4 Å². The largest absolute Gasteiger partial charge is 0.372 e. The van der Waals surface area contributed by atoms with Crippen LogP contribution >= 0.6 is 0 Å². The van der Waals surface area contributed by atoms with E-state index >= 15 is 0 Å². The molecule has 0 saturated carbocycles. The number of benzene rings is 1. The molecular formula is C20H23N3O3. The third-order valence-corrected chi connectivity index (χ3v) is 4.46. The van der Waals surface area contributed by atoms with Crippen LogP contribution in [0.5, 0.6) is 0 Å². The molecule has 3 rings (SSSR count). The van der Waals surface area contributed by atoms with Gasteiger partial charge < -0.3 is 15.0 Å². The monoisotopic (exact) mass is 353 g/mol. The van der Waals surface area contributed by atoms with E-state index in [9.17, 15) is 9.59 Å². The Kier molecular flexibility index (Phi) is 5.96. The first-order valence-electron chi connectivity index (χ1n) is 8.80. The summed E-state index contributed by atoms with van der Waals surface area (Å²) in [5.41, 5.74) is 2.57. The van der Waals surface area contributed by atoms with Crippen LogP contribution in [0, 0.1) is 6.92 Å². The molecule has 0 aliphatic carbocycles. The lowest BCUT2D eigenvalue weighted by atomic mass is 10.1. The second-order valence-corrected chi connectivity index (χ2v) is 6.46. The van der Waals surface area contributed by atoms with Gasteiger partial charge >= 0.3 is 11.8 Å². The SMILES string of the molecule is Cc1ccccc1NC(=O)C(=O)N1CCC[C@@H](OCc2cccnc2)C1. The van der Waals surface area contributed by atoms with E-state index in [1.54, 1.807) is 23.4 Å². The molecule has 1 saturated heterocycles. The van der Waals surface area contributed by atoms with Crippen molar-refractivity contribution in [2.45, 2.75) is 32.5 Å². The lowest BCUT2D eigenvalue weighted by Gasteiger charge is -2.32. The lowest BCUT2D eigenvalue weighted by molar-refractivity contribution is -0.146. The Labute approximate surface area is 153 Å². The van der Waals surface area contributed by atoms with Gasteiger partial charge in [0.2, 0.25) is 0 Å². The number of aryl methyl sites for hydroxylation is 1. The van der Waals surface area contributed by atoms with E-state index in [4.69, 9.17) is 4.74 Å². The second kappa shape index (κ2) is 8.58. The fourth-order valence-electron chi connectivity index (χ4n) is 2.99. The number of carbonyl (C=O) groups excluding carboxylic acids is 2. The van der Waals surface area contributed by atoms with Crippen molar-refractivity contribution in [1.82, 2.24) is 9.88 Å². The maximum atomic E-state index is 12.5. The Balaban J connectivity index is 1.54. The Hall–Kier alpha value is -2.73. The highest BCUT2D eigenvalue weighted by atomic mass is 16.5. The fourth-order valence-corrected chi connectivity index (χ4v) is 2.99. The van der Waals surface area contributed by atoms with Crippen LogP contribution in [-0.2, 0) is 20.9 Å².